The number of benzene rings is 1. The number of imidazole rings is 1. The number of carbonyl (C=O) groups is 3. The molecule has 0 bridgehead atoms. The van der Waals surface area contributed by atoms with Crippen molar-refractivity contribution in [3.8, 4) is 5.75 Å². The van der Waals surface area contributed by atoms with Crippen LogP contribution in [0.1, 0.15) is 46.7 Å². The van der Waals surface area contributed by atoms with Crippen molar-refractivity contribution in [3.05, 3.63) is 53.1 Å². The lowest BCUT2D eigenvalue weighted by molar-refractivity contribution is -0.136. The molecule has 0 spiro atoms. The molecule has 0 saturated carbocycles. The molecule has 1 unspecified atom stereocenters. The maximum atomic E-state index is 12.9. The van der Waals surface area contributed by atoms with E-state index in [4.69, 9.17) is 4.74 Å². The number of hydrogen-bond donors (Lipinski definition) is 1. The van der Waals surface area contributed by atoms with Crippen LogP contribution in [0.4, 0.5) is 0 Å². The predicted octanol–water partition coefficient (Wildman–Crippen LogP) is 1.64. The van der Waals surface area contributed by atoms with Crippen LogP contribution >= 0.6 is 0 Å². The van der Waals surface area contributed by atoms with E-state index in [1.165, 1.54) is 4.90 Å². The number of piperidine rings is 1. The number of nitrogens with one attached hydrogen (secondary N) is 1. The molecule has 0 aliphatic carbocycles. The number of imide groups is 1. The molecule has 29 heavy (non-hydrogen) atoms. The van der Waals surface area contributed by atoms with Gasteiger partial charge >= 0.3 is 0 Å². The number of allylic oxidation sites excluding steroid dienone is 1. The molecule has 148 valence electrons. The van der Waals surface area contributed by atoms with Crippen molar-refractivity contribution >= 4 is 23.9 Å². The van der Waals surface area contributed by atoms with Crippen molar-refractivity contribution in [1.29, 1.82) is 0 Å². The first kappa shape index (κ1) is 17.7. The van der Waals surface area contributed by atoms with Gasteiger partial charge in [-0.2, -0.15) is 0 Å². The van der Waals surface area contributed by atoms with Gasteiger partial charge in [-0.25, -0.2) is 4.98 Å². The minimum Gasteiger partial charge on any atom is -0.487 e. The standard InChI is InChI=1S/C21H20N4O4/c26-19-8-7-16(20(27)23-19)25-11-15-14(21(25)28)4-3-5-17(15)29-12-13-10-24-9-2-1-6-18(24)22-13/h2-5,9-10,16H,1,6-8,11-12H2,(H,23,26,27). The third-order valence-electron chi connectivity index (χ3n) is 5.57. The second-order valence-corrected chi connectivity index (χ2v) is 7.45. The highest BCUT2D eigenvalue weighted by atomic mass is 16.5. The largest absolute Gasteiger partial charge is 0.487 e. The van der Waals surface area contributed by atoms with Gasteiger partial charge < -0.3 is 14.2 Å². The lowest BCUT2D eigenvalue weighted by Gasteiger charge is -2.29. The van der Waals surface area contributed by atoms with Crippen LogP contribution in [0.15, 0.2) is 30.5 Å². The van der Waals surface area contributed by atoms with Gasteiger partial charge in [0.2, 0.25) is 11.8 Å². The van der Waals surface area contributed by atoms with Gasteiger partial charge in [-0.3, -0.25) is 19.7 Å². The van der Waals surface area contributed by atoms with E-state index in [1.54, 1.807) is 12.1 Å². The van der Waals surface area contributed by atoms with Crippen molar-refractivity contribution in [2.24, 2.45) is 0 Å². The van der Waals surface area contributed by atoms with E-state index in [9.17, 15) is 14.4 Å². The number of amides is 3. The third-order valence-corrected chi connectivity index (χ3v) is 5.57. The Balaban J connectivity index is 1.34. The van der Waals surface area contributed by atoms with Crippen LogP contribution in [0.2, 0.25) is 0 Å². The van der Waals surface area contributed by atoms with E-state index >= 15 is 0 Å². The first-order valence-electron chi connectivity index (χ1n) is 9.73. The summed E-state index contributed by atoms with van der Waals surface area (Å²) in [5.74, 6) is 0.719. The molecule has 1 aromatic carbocycles. The van der Waals surface area contributed by atoms with Gasteiger partial charge in [0.25, 0.3) is 5.91 Å². The lowest BCUT2D eigenvalue weighted by Crippen LogP contribution is -2.52. The molecule has 1 atom stereocenters. The lowest BCUT2D eigenvalue weighted by atomic mass is 10.0. The molecular weight excluding hydrogens is 372 g/mol. The topological polar surface area (TPSA) is 93.5 Å². The van der Waals surface area contributed by atoms with Crippen molar-refractivity contribution in [3.63, 3.8) is 0 Å². The Bertz CT molecular complexity index is 1050. The van der Waals surface area contributed by atoms with E-state index in [2.05, 4.69) is 16.4 Å². The van der Waals surface area contributed by atoms with E-state index in [0.717, 1.165) is 29.9 Å². The van der Waals surface area contributed by atoms with Crippen molar-refractivity contribution in [2.75, 3.05) is 0 Å². The van der Waals surface area contributed by atoms with Gasteiger partial charge in [0.1, 0.15) is 24.2 Å². The molecule has 1 saturated heterocycles. The smallest absolute Gasteiger partial charge is 0.255 e. The Morgan fingerprint density at radius 2 is 2.10 bits per heavy atom. The molecule has 2 aromatic rings. The van der Waals surface area contributed by atoms with Crippen LogP contribution in [0.5, 0.6) is 5.75 Å². The fourth-order valence-corrected chi connectivity index (χ4v) is 4.12. The molecule has 0 radical (unpaired) electrons. The molecule has 8 heteroatoms. The molecule has 4 heterocycles. The Labute approximate surface area is 167 Å². The Morgan fingerprint density at radius 3 is 2.93 bits per heavy atom. The van der Waals surface area contributed by atoms with Crippen LogP contribution < -0.4 is 10.1 Å². The third kappa shape index (κ3) is 3.10. The summed E-state index contributed by atoms with van der Waals surface area (Å²) in [6.45, 7) is 0.593. The molecule has 5 rings (SSSR count). The quantitative estimate of drug-likeness (QED) is 0.799. The van der Waals surface area contributed by atoms with Crippen molar-refractivity contribution in [2.45, 2.75) is 44.9 Å². The highest BCUT2D eigenvalue weighted by molar-refractivity contribution is 6.05. The summed E-state index contributed by atoms with van der Waals surface area (Å²) < 4.78 is 8.01. The predicted molar refractivity (Wildman–Crippen MR) is 103 cm³/mol. The number of aromatic nitrogens is 2. The number of nitrogens with zero attached hydrogens (tertiary/aromatic N) is 3. The highest BCUT2D eigenvalue weighted by Gasteiger charge is 2.40. The van der Waals surface area contributed by atoms with Gasteiger partial charge in [-0.15, -0.1) is 0 Å². The van der Waals surface area contributed by atoms with E-state index in [1.807, 2.05) is 23.0 Å². The highest BCUT2D eigenvalue weighted by Crippen LogP contribution is 2.34. The first-order chi connectivity index (χ1) is 14.1. The van der Waals surface area contributed by atoms with Gasteiger partial charge in [0, 0.05) is 36.4 Å². The van der Waals surface area contributed by atoms with E-state index < -0.39 is 11.9 Å². The zero-order valence-corrected chi connectivity index (χ0v) is 15.8. The number of fused-ring (bicyclic) bond motifs is 2. The Kier molecular flexibility index (Phi) is 4.19. The summed E-state index contributed by atoms with van der Waals surface area (Å²) in [5, 5.41) is 2.32. The van der Waals surface area contributed by atoms with Crippen LogP contribution in [0.25, 0.3) is 6.20 Å². The van der Waals surface area contributed by atoms with Gasteiger partial charge in [-0.1, -0.05) is 12.1 Å². The van der Waals surface area contributed by atoms with E-state index in [-0.39, 0.29) is 18.2 Å². The SMILES string of the molecule is O=C1CCC(N2Cc3c(OCc4cn5c(n4)CCC=C5)cccc3C2=O)C(=O)N1. The first-order valence-corrected chi connectivity index (χ1v) is 9.73. The number of carbonyl (C=O) groups excluding carboxylic acids is 3. The summed E-state index contributed by atoms with van der Waals surface area (Å²) in [6.07, 6.45) is 8.54. The summed E-state index contributed by atoms with van der Waals surface area (Å²) in [6, 6.07) is 4.72. The van der Waals surface area contributed by atoms with Crippen molar-refractivity contribution in [1.82, 2.24) is 19.8 Å². The van der Waals surface area contributed by atoms with Crippen LogP contribution in [0.3, 0.4) is 0 Å². The molecule has 1 N–H and O–H groups in total. The molecular formula is C21H20N4O4. The summed E-state index contributed by atoms with van der Waals surface area (Å²) in [5.41, 5.74) is 2.14. The summed E-state index contributed by atoms with van der Waals surface area (Å²) in [4.78, 5) is 42.6. The van der Waals surface area contributed by atoms with Gasteiger partial charge in [-0.05, 0) is 25.0 Å². The average Bonchev–Trinajstić information content (AvgIpc) is 3.28. The second kappa shape index (κ2) is 6.88. The van der Waals surface area contributed by atoms with Gasteiger partial charge in [0.15, 0.2) is 0 Å². The summed E-state index contributed by atoms with van der Waals surface area (Å²) >= 11 is 0. The number of hydrogen-bond acceptors (Lipinski definition) is 5. The average molecular weight is 392 g/mol. The fraction of sp³-hybridized carbons (Fsp3) is 0.333. The van der Waals surface area contributed by atoms with Crippen LogP contribution in [-0.2, 0) is 29.2 Å². The molecule has 1 aromatic heterocycles. The monoisotopic (exact) mass is 392 g/mol. The molecule has 3 amide bonds. The maximum Gasteiger partial charge on any atom is 0.255 e. The minimum atomic E-state index is -0.632. The van der Waals surface area contributed by atoms with Crippen LogP contribution in [0, 0.1) is 0 Å². The number of ether oxygens (including phenoxy) is 1. The van der Waals surface area contributed by atoms with E-state index in [0.29, 0.717) is 30.9 Å². The maximum absolute atomic E-state index is 12.9. The molecule has 3 aliphatic heterocycles. The zero-order chi connectivity index (χ0) is 20.0. The number of aryl methyl sites for hydroxylation is 1. The second-order valence-electron chi connectivity index (χ2n) is 7.45. The molecule has 8 nitrogen and oxygen atoms in total. The molecule has 1 fully saturated rings. The van der Waals surface area contributed by atoms with Gasteiger partial charge in [0.05, 0.1) is 12.2 Å². The molecule has 3 aliphatic rings. The zero-order valence-electron chi connectivity index (χ0n) is 15.8. The fourth-order valence-electron chi connectivity index (χ4n) is 4.12. The Hall–Kier alpha value is -3.42. The Morgan fingerprint density at radius 1 is 1.21 bits per heavy atom. The number of rotatable bonds is 4. The minimum absolute atomic E-state index is 0.206. The van der Waals surface area contributed by atoms with Crippen molar-refractivity contribution < 1.29 is 19.1 Å². The normalized spacial score (nSPS) is 20.5. The summed E-state index contributed by atoms with van der Waals surface area (Å²) in [7, 11) is 0. The van der Waals surface area contributed by atoms with Crippen LogP contribution in [-0.4, -0.2) is 38.2 Å².